The van der Waals surface area contributed by atoms with Crippen molar-refractivity contribution in [3.63, 3.8) is 0 Å². The van der Waals surface area contributed by atoms with Crippen LogP contribution in [-0.4, -0.2) is 46.0 Å². The van der Waals surface area contributed by atoms with Crippen LogP contribution in [0.25, 0.3) is 0 Å². The fourth-order valence-electron chi connectivity index (χ4n) is 3.53. The number of carboxylic acids is 2. The van der Waals surface area contributed by atoms with Crippen LogP contribution in [0.1, 0.15) is 73.6 Å². The molecular weight excluding hydrogens is 500 g/mol. The number of pyridine rings is 1. The molecule has 0 atom stereocenters. The van der Waals surface area contributed by atoms with Crippen molar-refractivity contribution < 1.29 is 24.6 Å². The lowest BCUT2D eigenvalue weighted by Crippen LogP contribution is -2.16. The van der Waals surface area contributed by atoms with E-state index in [0.29, 0.717) is 12.0 Å². The Hall–Kier alpha value is -2.42. The summed E-state index contributed by atoms with van der Waals surface area (Å²) in [5, 5.41) is 20.1. The smallest absolute Gasteiger partial charge is 0.303 e. The van der Waals surface area contributed by atoms with Crippen molar-refractivity contribution in [1.82, 2.24) is 10.3 Å². The number of hydrogen-bond donors (Lipinski definition) is 3. The van der Waals surface area contributed by atoms with Gasteiger partial charge in [0.1, 0.15) is 0 Å². The summed E-state index contributed by atoms with van der Waals surface area (Å²) in [5.74, 6) is -1.23. The molecule has 0 amide bonds. The first-order chi connectivity index (χ1) is 17.0. The Morgan fingerprint density at radius 3 is 2.25 bits per heavy atom. The van der Waals surface area contributed by atoms with Crippen molar-refractivity contribution in [3.05, 3.63) is 57.9 Å². The number of benzene rings is 1. The molecule has 0 radical (unpaired) electrons. The predicted octanol–water partition coefficient (Wildman–Crippen LogP) is 5.66. The largest absolute Gasteiger partial charge is 0.481 e. The molecule has 0 spiro atoms. The maximum Gasteiger partial charge on any atom is 0.303 e. The van der Waals surface area contributed by atoms with Gasteiger partial charge >= 0.3 is 11.9 Å². The average molecular weight is 535 g/mol. The van der Waals surface area contributed by atoms with Crippen molar-refractivity contribution in [3.8, 4) is 0 Å². The second-order valence-electron chi connectivity index (χ2n) is 9.86. The number of carbonyl (C=O) groups is 3. The first-order valence-corrected chi connectivity index (χ1v) is 13.4. The number of aromatic nitrogens is 1. The molecule has 0 aliphatic carbocycles. The van der Waals surface area contributed by atoms with Gasteiger partial charge in [-0.2, -0.15) is 0 Å². The van der Waals surface area contributed by atoms with Crippen molar-refractivity contribution >= 4 is 41.1 Å². The van der Waals surface area contributed by atoms with E-state index >= 15 is 0 Å². The number of aliphatic carboxylic acids is 2. The van der Waals surface area contributed by atoms with Gasteiger partial charge in [-0.15, -0.1) is 11.8 Å². The molecule has 1 aromatic heterocycles. The summed E-state index contributed by atoms with van der Waals surface area (Å²) in [5.41, 5.74) is 4.61. The quantitative estimate of drug-likeness (QED) is 0.278. The molecule has 2 heterocycles. The Morgan fingerprint density at radius 2 is 1.67 bits per heavy atom. The number of nitrogens with one attached hydrogen (secondary N) is 1. The van der Waals surface area contributed by atoms with Crippen LogP contribution in [0.3, 0.4) is 0 Å². The van der Waals surface area contributed by atoms with Crippen LogP contribution in [0.4, 0.5) is 0 Å². The van der Waals surface area contributed by atoms with Gasteiger partial charge in [0.2, 0.25) is 0 Å². The van der Waals surface area contributed by atoms with Crippen molar-refractivity contribution in [2.75, 3.05) is 13.1 Å². The van der Waals surface area contributed by atoms with Crippen LogP contribution in [0.2, 0.25) is 5.02 Å². The van der Waals surface area contributed by atoms with Gasteiger partial charge in [-0.25, -0.2) is 0 Å². The fraction of sp³-hybridized carbons (Fsp3) is 0.481. The number of nitrogens with zero attached hydrogens (tertiary/aromatic N) is 1. The number of carbonyl (C=O) groups excluding carboxylic acids is 1. The van der Waals surface area contributed by atoms with Crippen molar-refractivity contribution in [1.29, 1.82) is 0 Å². The lowest BCUT2D eigenvalue weighted by molar-refractivity contribution is -0.143. The summed E-state index contributed by atoms with van der Waals surface area (Å²) in [6.45, 7) is 8.48. The molecule has 1 aromatic carbocycles. The highest BCUT2D eigenvalue weighted by atomic mass is 35.5. The number of rotatable bonds is 9. The number of hydrogen-bond acceptors (Lipinski definition) is 6. The van der Waals surface area contributed by atoms with E-state index in [1.165, 1.54) is 16.0 Å². The van der Waals surface area contributed by atoms with Gasteiger partial charge in [0.15, 0.2) is 5.78 Å². The van der Waals surface area contributed by atoms with E-state index in [9.17, 15) is 14.4 Å². The molecule has 0 fully saturated rings. The molecule has 0 saturated heterocycles. The highest BCUT2D eigenvalue weighted by Gasteiger charge is 2.17. The average Bonchev–Trinajstić information content (AvgIpc) is 3.06. The van der Waals surface area contributed by atoms with Crippen LogP contribution in [0, 0.1) is 5.41 Å². The molecule has 3 rings (SSSR count). The SMILES string of the molecule is CC(C)(C)CCC(=O)c1ccc(CSc2c(Cl)ccc3c2CCNCC3)nc1.O=C(O)CCC(=O)O. The molecule has 196 valence electrons. The van der Waals surface area contributed by atoms with Crippen molar-refractivity contribution in [2.45, 2.75) is 69.9 Å². The third-order valence-corrected chi connectivity index (χ3v) is 7.22. The van der Waals surface area contributed by atoms with E-state index in [4.69, 9.17) is 21.8 Å². The lowest BCUT2D eigenvalue weighted by atomic mass is 9.89. The monoisotopic (exact) mass is 534 g/mol. The summed E-state index contributed by atoms with van der Waals surface area (Å²) in [4.78, 5) is 37.3. The number of thioether (sulfide) groups is 1. The summed E-state index contributed by atoms with van der Waals surface area (Å²) in [6, 6.07) is 8.04. The minimum atomic E-state index is -1.08. The van der Waals surface area contributed by atoms with Gasteiger partial charge in [-0.3, -0.25) is 19.4 Å². The van der Waals surface area contributed by atoms with E-state index in [2.05, 4.69) is 37.1 Å². The van der Waals surface area contributed by atoms with E-state index in [1.54, 1.807) is 18.0 Å². The Labute approximate surface area is 222 Å². The standard InChI is InChI=1S/C23H29ClN2OS.C4H6O4/c1-23(2,3)11-8-21(27)17-4-6-18(26-14-17)15-28-22-19-10-13-25-12-9-16(19)5-7-20(22)24;5-3(6)1-2-4(7)8/h4-7,14,25H,8-13,15H2,1-3H3;1-2H2,(H,5,6)(H,7,8). The highest BCUT2D eigenvalue weighted by Crippen LogP contribution is 2.35. The first-order valence-electron chi connectivity index (χ1n) is 12.0. The maximum absolute atomic E-state index is 12.4. The molecular formula is C27H35ClN2O5S. The van der Waals surface area contributed by atoms with Crippen LogP contribution in [-0.2, 0) is 28.2 Å². The predicted molar refractivity (Wildman–Crippen MR) is 143 cm³/mol. The number of fused-ring (bicyclic) bond motifs is 1. The lowest BCUT2D eigenvalue weighted by Gasteiger charge is -2.17. The second-order valence-corrected chi connectivity index (χ2v) is 11.3. The molecule has 1 aliphatic heterocycles. The summed E-state index contributed by atoms with van der Waals surface area (Å²) in [7, 11) is 0. The highest BCUT2D eigenvalue weighted by molar-refractivity contribution is 7.98. The zero-order valence-corrected chi connectivity index (χ0v) is 22.7. The van der Waals surface area contributed by atoms with E-state index in [-0.39, 0.29) is 24.0 Å². The number of Topliss-reactive ketones (excluding diaryl/α,β-unsaturated/α-hetero) is 1. The molecule has 2 aromatic rings. The molecule has 7 nitrogen and oxygen atoms in total. The maximum atomic E-state index is 12.4. The normalized spacial score (nSPS) is 13.1. The summed E-state index contributed by atoms with van der Waals surface area (Å²) in [6.07, 6.45) is 4.63. The topological polar surface area (TPSA) is 117 Å². The Morgan fingerprint density at radius 1 is 1.00 bits per heavy atom. The van der Waals surface area contributed by atoms with Crippen molar-refractivity contribution in [2.24, 2.45) is 5.41 Å². The van der Waals surface area contributed by atoms with E-state index < -0.39 is 11.9 Å². The Bertz CT molecular complexity index is 1040. The minimum absolute atomic E-state index is 0.169. The molecule has 0 saturated carbocycles. The molecule has 3 N–H and O–H groups in total. The number of ketones is 1. The summed E-state index contributed by atoms with van der Waals surface area (Å²) >= 11 is 8.26. The Balaban J connectivity index is 0.000000493. The first kappa shape index (κ1) is 29.8. The van der Waals surface area contributed by atoms with Gasteiger partial charge in [-0.05, 0) is 67.1 Å². The third-order valence-electron chi connectivity index (χ3n) is 5.60. The van der Waals surface area contributed by atoms with Gasteiger partial charge in [-0.1, -0.05) is 38.4 Å². The van der Waals surface area contributed by atoms with Crippen LogP contribution in [0.15, 0.2) is 35.4 Å². The third kappa shape index (κ3) is 10.7. The van der Waals surface area contributed by atoms with Gasteiger partial charge in [0, 0.05) is 28.8 Å². The zero-order valence-electron chi connectivity index (χ0n) is 21.1. The molecule has 9 heteroatoms. The number of carboxylic acid groups (broad SMARTS) is 2. The summed E-state index contributed by atoms with van der Waals surface area (Å²) < 4.78 is 0. The molecule has 1 aliphatic rings. The molecule has 0 unspecified atom stereocenters. The minimum Gasteiger partial charge on any atom is -0.481 e. The van der Waals surface area contributed by atoms with Gasteiger partial charge in [0.05, 0.1) is 23.6 Å². The number of halogens is 1. The van der Waals surface area contributed by atoms with Gasteiger partial charge in [0.25, 0.3) is 0 Å². The van der Waals surface area contributed by atoms with Gasteiger partial charge < -0.3 is 15.5 Å². The molecule has 36 heavy (non-hydrogen) atoms. The molecule has 0 bridgehead atoms. The zero-order chi connectivity index (χ0) is 26.7. The van der Waals surface area contributed by atoms with Crippen LogP contribution >= 0.6 is 23.4 Å². The second kappa shape index (κ2) is 14.4. The van der Waals surface area contributed by atoms with Crippen LogP contribution in [0.5, 0.6) is 0 Å². The van der Waals surface area contributed by atoms with E-state index in [0.717, 1.165) is 48.8 Å². The van der Waals surface area contributed by atoms with Crippen LogP contribution < -0.4 is 5.32 Å². The fourth-order valence-corrected chi connectivity index (χ4v) is 4.95. The Kier molecular flexibility index (Phi) is 11.9. The van der Waals surface area contributed by atoms with E-state index in [1.807, 2.05) is 18.2 Å².